The van der Waals surface area contributed by atoms with E-state index in [9.17, 15) is 14.4 Å². The van der Waals surface area contributed by atoms with E-state index in [1.165, 1.54) is 25.5 Å². The fraction of sp³-hybridized carbons (Fsp3) is 0.333. The Morgan fingerprint density at radius 1 is 1.16 bits per heavy atom. The fourth-order valence-corrected chi connectivity index (χ4v) is 3.77. The normalized spacial score (nSPS) is 12.5. The van der Waals surface area contributed by atoms with Gasteiger partial charge in [0.25, 0.3) is 5.56 Å². The van der Waals surface area contributed by atoms with Crippen LogP contribution in [0.1, 0.15) is 25.6 Å². The van der Waals surface area contributed by atoms with Crippen molar-refractivity contribution in [2.75, 3.05) is 14.2 Å². The lowest BCUT2D eigenvalue weighted by atomic mass is 10.2. The van der Waals surface area contributed by atoms with Crippen LogP contribution in [0.4, 0.5) is 0 Å². The largest absolute Gasteiger partial charge is 0.497 e. The van der Waals surface area contributed by atoms with Gasteiger partial charge in [-0.2, -0.15) is 4.98 Å². The summed E-state index contributed by atoms with van der Waals surface area (Å²) < 4.78 is 16.6. The molecule has 3 aromatic heterocycles. The molecule has 1 atom stereocenters. The maximum atomic E-state index is 13.3. The zero-order valence-corrected chi connectivity index (χ0v) is 18.2. The van der Waals surface area contributed by atoms with Crippen LogP contribution in [-0.4, -0.2) is 43.1 Å². The molecule has 0 saturated heterocycles. The number of carbonyl (C=O) groups excluding carboxylic acids is 1. The van der Waals surface area contributed by atoms with E-state index in [1.54, 1.807) is 43.0 Å². The Hall–Kier alpha value is -3.82. The molecular formula is C21H23N5O5. The predicted molar refractivity (Wildman–Crippen MR) is 115 cm³/mol. The monoisotopic (exact) mass is 425 g/mol. The topological polar surface area (TPSA) is 102 Å². The maximum absolute atomic E-state index is 13.3. The van der Waals surface area contributed by atoms with Crippen molar-refractivity contribution < 1.29 is 14.3 Å². The van der Waals surface area contributed by atoms with Gasteiger partial charge in [0.1, 0.15) is 11.5 Å². The van der Waals surface area contributed by atoms with Crippen LogP contribution in [0.2, 0.25) is 0 Å². The number of carbonyl (C=O) groups is 1. The number of hydrogen-bond acceptors (Lipinski definition) is 6. The number of imidazole rings is 2. The summed E-state index contributed by atoms with van der Waals surface area (Å²) in [4.78, 5) is 42.6. The molecule has 3 heterocycles. The highest BCUT2D eigenvalue weighted by Gasteiger charge is 2.25. The van der Waals surface area contributed by atoms with Crippen LogP contribution in [-0.2, 0) is 11.8 Å². The van der Waals surface area contributed by atoms with Crippen molar-refractivity contribution in [2.45, 2.75) is 26.8 Å². The summed E-state index contributed by atoms with van der Waals surface area (Å²) in [6.45, 7) is 4.76. The first kappa shape index (κ1) is 20.5. The van der Waals surface area contributed by atoms with Gasteiger partial charge in [0.2, 0.25) is 5.78 Å². The van der Waals surface area contributed by atoms with E-state index in [4.69, 9.17) is 9.47 Å². The number of methoxy groups -OCH3 is 2. The van der Waals surface area contributed by atoms with Crippen LogP contribution in [0.15, 0.2) is 34.0 Å². The third-order valence-corrected chi connectivity index (χ3v) is 5.58. The van der Waals surface area contributed by atoms with Gasteiger partial charge in [0.15, 0.2) is 16.9 Å². The average molecular weight is 425 g/mol. The first-order chi connectivity index (χ1) is 14.7. The van der Waals surface area contributed by atoms with Crippen molar-refractivity contribution >= 4 is 22.7 Å². The Morgan fingerprint density at radius 3 is 2.48 bits per heavy atom. The zero-order chi connectivity index (χ0) is 22.6. The van der Waals surface area contributed by atoms with E-state index in [-0.39, 0.29) is 16.9 Å². The number of hydrogen-bond donors (Lipinski definition) is 0. The highest BCUT2D eigenvalue weighted by Crippen LogP contribution is 2.31. The molecule has 0 saturated carbocycles. The summed E-state index contributed by atoms with van der Waals surface area (Å²) in [5, 5.41) is 0. The van der Waals surface area contributed by atoms with Crippen LogP contribution in [0.3, 0.4) is 0 Å². The van der Waals surface area contributed by atoms with Crippen molar-refractivity contribution in [1.82, 2.24) is 23.1 Å². The Bertz CT molecular complexity index is 1470. The van der Waals surface area contributed by atoms with Crippen molar-refractivity contribution in [2.24, 2.45) is 7.05 Å². The number of ether oxygens (including phenoxy) is 2. The minimum Gasteiger partial charge on any atom is -0.497 e. The molecule has 10 heteroatoms. The molecule has 0 spiro atoms. The highest BCUT2D eigenvalue weighted by atomic mass is 16.5. The van der Waals surface area contributed by atoms with Crippen LogP contribution in [0.25, 0.3) is 22.6 Å². The Balaban J connectivity index is 2.14. The third kappa shape index (κ3) is 2.86. The first-order valence-corrected chi connectivity index (χ1v) is 9.65. The van der Waals surface area contributed by atoms with E-state index in [1.807, 2.05) is 11.5 Å². The number of aromatic nitrogens is 5. The van der Waals surface area contributed by atoms with Crippen molar-refractivity contribution in [3.05, 3.63) is 50.9 Å². The van der Waals surface area contributed by atoms with Crippen molar-refractivity contribution in [1.29, 1.82) is 0 Å². The average Bonchev–Trinajstić information content (AvgIpc) is 3.26. The van der Waals surface area contributed by atoms with Crippen LogP contribution >= 0.6 is 0 Å². The molecule has 0 N–H and O–H groups in total. The van der Waals surface area contributed by atoms with Gasteiger partial charge in [0.05, 0.1) is 25.9 Å². The van der Waals surface area contributed by atoms with Gasteiger partial charge in [-0.3, -0.25) is 23.1 Å². The number of benzene rings is 1. The van der Waals surface area contributed by atoms with Gasteiger partial charge < -0.3 is 9.47 Å². The Kier molecular flexibility index (Phi) is 4.72. The molecule has 4 aromatic rings. The molecule has 0 bridgehead atoms. The quantitative estimate of drug-likeness (QED) is 0.482. The standard InChI is InChI=1S/C21H23N5O5/c1-11-10-24-17-18(23(4)21(29)26(19(17)28)12(2)13(3)27)22-20(24)25(11)15-9-14(30-5)7-8-16(15)31-6/h7-10,12H,1-6H3/t12-/m1/s1. The second-order valence-electron chi connectivity index (χ2n) is 7.40. The summed E-state index contributed by atoms with van der Waals surface area (Å²) in [6, 6.07) is 4.49. The zero-order valence-electron chi connectivity index (χ0n) is 18.2. The predicted octanol–water partition coefficient (Wildman–Crippen LogP) is 1.61. The number of fused-ring (bicyclic) bond motifs is 3. The molecule has 0 fully saturated rings. The van der Waals surface area contributed by atoms with E-state index in [0.717, 1.165) is 10.3 Å². The maximum Gasteiger partial charge on any atom is 0.333 e. The molecule has 10 nitrogen and oxygen atoms in total. The van der Waals surface area contributed by atoms with Gasteiger partial charge in [-0.25, -0.2) is 9.36 Å². The molecule has 31 heavy (non-hydrogen) atoms. The van der Waals surface area contributed by atoms with Crippen LogP contribution < -0.4 is 20.7 Å². The Labute approximate surface area is 176 Å². The van der Waals surface area contributed by atoms with Gasteiger partial charge in [-0.05, 0) is 32.9 Å². The molecule has 162 valence electrons. The smallest absolute Gasteiger partial charge is 0.333 e. The van der Waals surface area contributed by atoms with E-state index >= 15 is 0 Å². The fourth-order valence-electron chi connectivity index (χ4n) is 3.77. The van der Waals surface area contributed by atoms with Gasteiger partial charge in [0, 0.05) is 25.0 Å². The van der Waals surface area contributed by atoms with Crippen molar-refractivity contribution in [3.8, 4) is 17.2 Å². The number of rotatable bonds is 5. The summed E-state index contributed by atoms with van der Waals surface area (Å²) in [5.74, 6) is 1.36. The third-order valence-electron chi connectivity index (χ3n) is 5.58. The highest BCUT2D eigenvalue weighted by molar-refractivity contribution is 5.81. The molecule has 1 aromatic carbocycles. The summed E-state index contributed by atoms with van der Waals surface area (Å²) in [7, 11) is 4.67. The molecule has 0 aliphatic heterocycles. The lowest BCUT2D eigenvalue weighted by molar-refractivity contribution is -0.119. The molecule has 4 rings (SSSR count). The number of ketones is 1. The number of nitrogens with zero attached hydrogens (tertiary/aromatic N) is 5. The van der Waals surface area contributed by atoms with Gasteiger partial charge >= 0.3 is 5.69 Å². The van der Waals surface area contributed by atoms with E-state index < -0.39 is 17.3 Å². The lowest BCUT2D eigenvalue weighted by Crippen LogP contribution is -2.42. The van der Waals surface area contributed by atoms with E-state index in [2.05, 4.69) is 4.98 Å². The second kappa shape index (κ2) is 7.15. The van der Waals surface area contributed by atoms with Crippen LogP contribution in [0.5, 0.6) is 11.5 Å². The lowest BCUT2D eigenvalue weighted by Gasteiger charge is -2.13. The SMILES string of the molecule is COc1ccc(OC)c(-n2c(C)cn3c4c(=O)n([C@H](C)C(C)=O)c(=O)n(C)c4nc23)c1. The molecule has 0 aliphatic rings. The molecule has 0 aliphatic carbocycles. The van der Waals surface area contributed by atoms with Gasteiger partial charge in [-0.15, -0.1) is 0 Å². The number of aryl methyl sites for hydroxylation is 2. The summed E-state index contributed by atoms with van der Waals surface area (Å²) in [5.41, 5.74) is 0.746. The number of Topliss-reactive ketones (excluding diaryl/α,β-unsaturated/α-hetero) is 1. The van der Waals surface area contributed by atoms with E-state index in [0.29, 0.717) is 23.0 Å². The molecule has 0 unspecified atom stereocenters. The van der Waals surface area contributed by atoms with Crippen LogP contribution in [0, 0.1) is 6.92 Å². The second-order valence-corrected chi connectivity index (χ2v) is 7.40. The minimum atomic E-state index is -0.886. The Morgan fingerprint density at radius 2 is 1.87 bits per heavy atom. The summed E-state index contributed by atoms with van der Waals surface area (Å²) >= 11 is 0. The van der Waals surface area contributed by atoms with Crippen molar-refractivity contribution in [3.63, 3.8) is 0 Å². The molecule has 0 radical (unpaired) electrons. The van der Waals surface area contributed by atoms with Gasteiger partial charge in [-0.1, -0.05) is 0 Å². The summed E-state index contributed by atoms with van der Waals surface area (Å²) in [6.07, 6.45) is 1.76. The first-order valence-electron chi connectivity index (χ1n) is 9.65. The minimum absolute atomic E-state index is 0.217. The molecular weight excluding hydrogens is 402 g/mol. The molecule has 0 amide bonds.